The molecule has 19 heavy (non-hydrogen) atoms. The van der Waals surface area contributed by atoms with E-state index >= 15 is 0 Å². The predicted molar refractivity (Wildman–Crippen MR) is 75.2 cm³/mol. The molecule has 1 aromatic carbocycles. The highest BCUT2D eigenvalue weighted by atomic mass is 19.1. The maximum absolute atomic E-state index is 13.8. The van der Waals surface area contributed by atoms with E-state index in [-0.39, 0.29) is 11.7 Å². The van der Waals surface area contributed by atoms with Crippen molar-refractivity contribution in [3.05, 3.63) is 30.1 Å². The number of anilines is 1. The van der Waals surface area contributed by atoms with Crippen molar-refractivity contribution in [1.29, 1.82) is 5.26 Å². The highest BCUT2D eigenvalue weighted by Crippen LogP contribution is 2.40. The van der Waals surface area contributed by atoms with Crippen LogP contribution in [0.5, 0.6) is 0 Å². The highest BCUT2D eigenvalue weighted by Gasteiger charge is 2.42. The van der Waals surface area contributed by atoms with Gasteiger partial charge in [0.1, 0.15) is 11.4 Å². The molecule has 102 valence electrons. The van der Waals surface area contributed by atoms with Crippen LogP contribution in [0, 0.1) is 29.0 Å². The lowest BCUT2D eigenvalue weighted by atomic mass is 9.68. The zero-order valence-electron chi connectivity index (χ0n) is 11.6. The molecule has 0 aliphatic heterocycles. The van der Waals surface area contributed by atoms with Gasteiger partial charge in [0.25, 0.3) is 0 Å². The van der Waals surface area contributed by atoms with Gasteiger partial charge in [0, 0.05) is 0 Å². The Kier molecular flexibility index (Phi) is 4.09. The van der Waals surface area contributed by atoms with Crippen LogP contribution in [-0.4, -0.2) is 5.54 Å². The SMILES string of the molecule is CC(C)C1CCCCC1(C#N)Nc1ccccc1F. The van der Waals surface area contributed by atoms with Gasteiger partial charge in [-0.15, -0.1) is 0 Å². The van der Waals surface area contributed by atoms with E-state index < -0.39 is 5.54 Å². The first-order chi connectivity index (χ1) is 9.09. The van der Waals surface area contributed by atoms with Crippen molar-refractivity contribution in [2.75, 3.05) is 5.32 Å². The van der Waals surface area contributed by atoms with Gasteiger partial charge in [0.2, 0.25) is 0 Å². The van der Waals surface area contributed by atoms with Gasteiger partial charge in [0.05, 0.1) is 11.8 Å². The summed E-state index contributed by atoms with van der Waals surface area (Å²) in [5.41, 5.74) is -0.189. The number of hydrogen-bond acceptors (Lipinski definition) is 2. The van der Waals surface area contributed by atoms with Crippen LogP contribution in [0.3, 0.4) is 0 Å². The average Bonchev–Trinajstić information content (AvgIpc) is 2.41. The Bertz CT molecular complexity index is 478. The Morgan fingerprint density at radius 2 is 2.11 bits per heavy atom. The summed E-state index contributed by atoms with van der Waals surface area (Å²) in [6, 6.07) is 9.05. The molecular formula is C16H21FN2. The molecule has 1 aromatic rings. The third kappa shape index (κ3) is 2.73. The molecule has 0 amide bonds. The van der Waals surface area contributed by atoms with Crippen LogP contribution in [0.4, 0.5) is 10.1 Å². The first-order valence-corrected chi connectivity index (χ1v) is 7.03. The molecule has 2 unspecified atom stereocenters. The molecule has 2 rings (SSSR count). The summed E-state index contributed by atoms with van der Waals surface area (Å²) in [7, 11) is 0. The second-order valence-corrected chi connectivity index (χ2v) is 5.78. The van der Waals surface area contributed by atoms with E-state index in [1.807, 2.05) is 0 Å². The zero-order valence-corrected chi connectivity index (χ0v) is 11.6. The first kappa shape index (κ1) is 13.9. The lowest BCUT2D eigenvalue weighted by Gasteiger charge is -2.42. The van der Waals surface area contributed by atoms with Crippen LogP contribution in [0.15, 0.2) is 24.3 Å². The van der Waals surface area contributed by atoms with Crippen LogP contribution >= 0.6 is 0 Å². The highest BCUT2D eigenvalue weighted by molar-refractivity contribution is 5.49. The largest absolute Gasteiger partial charge is 0.365 e. The maximum Gasteiger partial charge on any atom is 0.146 e. The summed E-state index contributed by atoms with van der Waals surface area (Å²) in [6.45, 7) is 4.29. The van der Waals surface area contributed by atoms with Crippen molar-refractivity contribution in [1.82, 2.24) is 0 Å². The standard InChI is InChI=1S/C16H21FN2/c1-12(2)13-7-5-6-10-16(13,11-18)19-15-9-4-3-8-14(15)17/h3-4,8-9,12-13,19H,5-7,10H2,1-2H3. The maximum atomic E-state index is 13.8. The van der Waals surface area contributed by atoms with E-state index in [0.717, 1.165) is 25.7 Å². The third-order valence-electron chi connectivity index (χ3n) is 4.21. The average molecular weight is 260 g/mol. The molecule has 1 saturated carbocycles. The molecule has 3 heteroatoms. The molecule has 2 atom stereocenters. The predicted octanol–water partition coefficient (Wildman–Crippen LogP) is 4.35. The number of para-hydroxylation sites is 1. The summed E-state index contributed by atoms with van der Waals surface area (Å²) < 4.78 is 13.8. The Hall–Kier alpha value is -1.56. The van der Waals surface area contributed by atoms with Crippen molar-refractivity contribution < 1.29 is 4.39 Å². The smallest absolute Gasteiger partial charge is 0.146 e. The second kappa shape index (κ2) is 5.61. The van der Waals surface area contributed by atoms with Gasteiger partial charge in [-0.2, -0.15) is 5.26 Å². The topological polar surface area (TPSA) is 35.8 Å². The van der Waals surface area contributed by atoms with E-state index in [0.29, 0.717) is 11.6 Å². The molecule has 1 N–H and O–H groups in total. The summed E-state index contributed by atoms with van der Waals surface area (Å²) in [6.07, 6.45) is 4.01. The number of nitrogens with zero attached hydrogens (tertiary/aromatic N) is 1. The fourth-order valence-electron chi connectivity index (χ4n) is 3.23. The molecule has 0 aromatic heterocycles. The Labute approximate surface area is 114 Å². The quantitative estimate of drug-likeness (QED) is 0.877. The fraction of sp³-hybridized carbons (Fsp3) is 0.562. The normalized spacial score (nSPS) is 27.0. The molecule has 0 radical (unpaired) electrons. The number of benzene rings is 1. The lowest BCUT2D eigenvalue weighted by Crippen LogP contribution is -2.48. The van der Waals surface area contributed by atoms with Crippen LogP contribution < -0.4 is 5.32 Å². The molecular weight excluding hydrogens is 239 g/mol. The number of halogens is 1. The van der Waals surface area contributed by atoms with Crippen molar-refractivity contribution in [2.45, 2.75) is 45.1 Å². The Morgan fingerprint density at radius 3 is 2.74 bits per heavy atom. The second-order valence-electron chi connectivity index (χ2n) is 5.78. The number of hydrogen-bond donors (Lipinski definition) is 1. The first-order valence-electron chi connectivity index (χ1n) is 7.03. The van der Waals surface area contributed by atoms with Crippen LogP contribution in [-0.2, 0) is 0 Å². The van der Waals surface area contributed by atoms with Gasteiger partial charge in [0.15, 0.2) is 0 Å². The van der Waals surface area contributed by atoms with E-state index in [9.17, 15) is 9.65 Å². The Morgan fingerprint density at radius 1 is 1.37 bits per heavy atom. The molecule has 0 saturated heterocycles. The van der Waals surface area contributed by atoms with Crippen molar-refractivity contribution in [3.8, 4) is 6.07 Å². The van der Waals surface area contributed by atoms with Crippen molar-refractivity contribution >= 4 is 5.69 Å². The molecule has 1 aliphatic rings. The molecule has 1 fully saturated rings. The van der Waals surface area contributed by atoms with Crippen molar-refractivity contribution in [3.63, 3.8) is 0 Å². The van der Waals surface area contributed by atoms with Gasteiger partial charge in [-0.05, 0) is 36.8 Å². The third-order valence-corrected chi connectivity index (χ3v) is 4.21. The fourth-order valence-corrected chi connectivity index (χ4v) is 3.23. The van der Waals surface area contributed by atoms with E-state index in [2.05, 4.69) is 25.2 Å². The van der Waals surface area contributed by atoms with Gasteiger partial charge in [-0.25, -0.2) is 4.39 Å². The molecule has 2 nitrogen and oxygen atoms in total. The number of nitrogens with one attached hydrogen (secondary N) is 1. The minimum absolute atomic E-state index is 0.269. The molecule has 0 heterocycles. The Balaban J connectivity index is 2.31. The van der Waals surface area contributed by atoms with Crippen LogP contribution in [0.25, 0.3) is 0 Å². The van der Waals surface area contributed by atoms with Gasteiger partial charge < -0.3 is 5.32 Å². The molecule has 0 spiro atoms. The van der Waals surface area contributed by atoms with Gasteiger partial charge in [-0.3, -0.25) is 0 Å². The van der Waals surface area contributed by atoms with Crippen LogP contribution in [0.1, 0.15) is 39.5 Å². The summed E-state index contributed by atoms with van der Waals surface area (Å²) >= 11 is 0. The number of nitriles is 1. The number of rotatable bonds is 3. The van der Waals surface area contributed by atoms with Gasteiger partial charge in [-0.1, -0.05) is 38.8 Å². The minimum atomic E-state index is -0.630. The molecule has 1 aliphatic carbocycles. The monoisotopic (exact) mass is 260 g/mol. The summed E-state index contributed by atoms with van der Waals surface area (Å²) in [5, 5.41) is 12.9. The summed E-state index contributed by atoms with van der Waals surface area (Å²) in [4.78, 5) is 0. The van der Waals surface area contributed by atoms with Gasteiger partial charge >= 0.3 is 0 Å². The van der Waals surface area contributed by atoms with E-state index in [4.69, 9.17) is 0 Å². The van der Waals surface area contributed by atoms with E-state index in [1.165, 1.54) is 6.07 Å². The van der Waals surface area contributed by atoms with E-state index in [1.54, 1.807) is 18.2 Å². The minimum Gasteiger partial charge on any atom is -0.365 e. The summed E-state index contributed by atoms with van der Waals surface area (Å²) in [5.74, 6) is 0.398. The zero-order chi connectivity index (χ0) is 13.9. The molecule has 0 bridgehead atoms. The van der Waals surface area contributed by atoms with Crippen LogP contribution in [0.2, 0.25) is 0 Å². The van der Waals surface area contributed by atoms with Crippen molar-refractivity contribution in [2.24, 2.45) is 11.8 Å². The lowest BCUT2D eigenvalue weighted by molar-refractivity contribution is 0.204.